The predicted octanol–water partition coefficient (Wildman–Crippen LogP) is 1.52. The van der Waals surface area contributed by atoms with Crippen molar-refractivity contribution < 1.29 is 9.90 Å². The summed E-state index contributed by atoms with van der Waals surface area (Å²) in [5, 5.41) is 12.2. The Balaban J connectivity index is 2.63. The van der Waals surface area contributed by atoms with Crippen molar-refractivity contribution >= 4 is 5.91 Å². The molecule has 1 aromatic rings. The minimum Gasteiger partial charge on any atom is -0.508 e. The molecule has 0 aromatic heterocycles. The van der Waals surface area contributed by atoms with Gasteiger partial charge in [-0.05, 0) is 38.6 Å². The molecule has 17 heavy (non-hydrogen) atoms. The van der Waals surface area contributed by atoms with Gasteiger partial charge in [-0.25, -0.2) is 0 Å². The molecule has 0 radical (unpaired) electrons. The van der Waals surface area contributed by atoms with E-state index in [1.165, 1.54) is 0 Å². The van der Waals surface area contributed by atoms with Crippen LogP contribution in [-0.4, -0.2) is 36.1 Å². The van der Waals surface area contributed by atoms with Gasteiger partial charge in [0, 0.05) is 12.6 Å². The van der Waals surface area contributed by atoms with Crippen molar-refractivity contribution in [2.24, 2.45) is 0 Å². The normalized spacial score (nSPS) is 12.5. The van der Waals surface area contributed by atoms with Gasteiger partial charge in [0.2, 0.25) is 5.91 Å². The van der Waals surface area contributed by atoms with Crippen LogP contribution in [0.3, 0.4) is 0 Å². The zero-order valence-electron chi connectivity index (χ0n) is 10.6. The summed E-state index contributed by atoms with van der Waals surface area (Å²) in [4.78, 5) is 13.4. The molecule has 1 aromatic carbocycles. The lowest BCUT2D eigenvalue weighted by Crippen LogP contribution is -2.36. The third-order valence-electron chi connectivity index (χ3n) is 2.78. The number of nitrogens with zero attached hydrogens (tertiary/aromatic N) is 1. The molecule has 1 unspecified atom stereocenters. The number of rotatable bonds is 5. The van der Waals surface area contributed by atoms with Gasteiger partial charge in [0.25, 0.3) is 0 Å². The van der Waals surface area contributed by atoms with E-state index >= 15 is 0 Å². The first-order chi connectivity index (χ1) is 8.04. The Bertz CT molecular complexity index is 379. The quantitative estimate of drug-likeness (QED) is 0.815. The number of likely N-dealkylation sites (N-methyl/N-ethyl adjacent to an activating group) is 2. The fourth-order valence-electron chi connectivity index (χ4n) is 1.66. The van der Waals surface area contributed by atoms with Gasteiger partial charge < -0.3 is 10.4 Å². The average Bonchev–Trinajstić information content (AvgIpc) is 2.28. The molecule has 0 aliphatic carbocycles. The van der Waals surface area contributed by atoms with Gasteiger partial charge in [-0.15, -0.1) is 0 Å². The summed E-state index contributed by atoms with van der Waals surface area (Å²) in [5.74, 6) is 0.266. The molecule has 0 saturated carbocycles. The zero-order chi connectivity index (χ0) is 12.8. The molecule has 0 spiro atoms. The van der Waals surface area contributed by atoms with Crippen molar-refractivity contribution in [2.75, 3.05) is 20.1 Å². The number of carbonyl (C=O) groups is 1. The second-order valence-electron chi connectivity index (χ2n) is 4.14. The van der Waals surface area contributed by atoms with Gasteiger partial charge in [-0.1, -0.05) is 12.1 Å². The molecule has 0 aliphatic rings. The summed E-state index contributed by atoms with van der Waals surface area (Å²) < 4.78 is 0. The summed E-state index contributed by atoms with van der Waals surface area (Å²) in [7, 11) is 1.89. The Morgan fingerprint density at radius 2 is 2.24 bits per heavy atom. The summed E-state index contributed by atoms with van der Waals surface area (Å²) in [6.07, 6.45) is 0. The Hall–Kier alpha value is -1.55. The van der Waals surface area contributed by atoms with Gasteiger partial charge in [-0.3, -0.25) is 9.69 Å². The monoisotopic (exact) mass is 236 g/mol. The number of aromatic hydroxyl groups is 1. The molecular weight excluding hydrogens is 216 g/mol. The average molecular weight is 236 g/mol. The van der Waals surface area contributed by atoms with E-state index in [1.54, 1.807) is 18.2 Å². The van der Waals surface area contributed by atoms with Gasteiger partial charge in [0.15, 0.2) is 0 Å². The van der Waals surface area contributed by atoms with Crippen molar-refractivity contribution in [3.05, 3.63) is 29.8 Å². The highest BCUT2D eigenvalue weighted by Crippen LogP contribution is 2.21. The van der Waals surface area contributed by atoms with E-state index in [4.69, 9.17) is 0 Å². The van der Waals surface area contributed by atoms with Gasteiger partial charge in [-0.2, -0.15) is 0 Å². The van der Waals surface area contributed by atoms with Crippen LogP contribution in [-0.2, 0) is 4.79 Å². The minimum atomic E-state index is 0.0157. The molecule has 4 heteroatoms. The second-order valence-corrected chi connectivity index (χ2v) is 4.14. The molecule has 0 aliphatic heterocycles. The lowest BCUT2D eigenvalue weighted by atomic mass is 10.1. The summed E-state index contributed by atoms with van der Waals surface area (Å²) in [6, 6.07) is 7.20. The Kier molecular flexibility index (Phi) is 4.97. The highest BCUT2D eigenvalue weighted by molar-refractivity contribution is 5.77. The molecule has 0 heterocycles. The van der Waals surface area contributed by atoms with Crippen molar-refractivity contribution in [1.29, 1.82) is 0 Å². The molecule has 1 rings (SSSR count). The second kappa shape index (κ2) is 6.25. The van der Waals surface area contributed by atoms with E-state index in [0.29, 0.717) is 13.1 Å². The van der Waals surface area contributed by atoms with Crippen LogP contribution in [0, 0.1) is 0 Å². The highest BCUT2D eigenvalue weighted by Gasteiger charge is 2.14. The van der Waals surface area contributed by atoms with E-state index in [9.17, 15) is 9.90 Å². The highest BCUT2D eigenvalue weighted by atomic mass is 16.3. The van der Waals surface area contributed by atoms with Crippen molar-refractivity contribution in [3.8, 4) is 5.75 Å². The third kappa shape index (κ3) is 4.07. The van der Waals surface area contributed by atoms with E-state index < -0.39 is 0 Å². The van der Waals surface area contributed by atoms with Crippen molar-refractivity contribution in [1.82, 2.24) is 10.2 Å². The number of phenolic OH excluding ortho intramolecular Hbond substituents is 1. The van der Waals surface area contributed by atoms with Crippen LogP contribution < -0.4 is 5.32 Å². The molecule has 4 nitrogen and oxygen atoms in total. The first-order valence-corrected chi connectivity index (χ1v) is 5.80. The minimum absolute atomic E-state index is 0.0157. The summed E-state index contributed by atoms with van der Waals surface area (Å²) >= 11 is 0. The number of hydrogen-bond acceptors (Lipinski definition) is 3. The molecule has 94 valence electrons. The fourth-order valence-corrected chi connectivity index (χ4v) is 1.66. The van der Waals surface area contributed by atoms with Crippen LogP contribution >= 0.6 is 0 Å². The smallest absolute Gasteiger partial charge is 0.234 e. The first kappa shape index (κ1) is 13.5. The molecule has 0 saturated heterocycles. The summed E-state index contributed by atoms with van der Waals surface area (Å²) in [6.45, 7) is 4.91. The van der Waals surface area contributed by atoms with E-state index in [0.717, 1.165) is 5.56 Å². The topological polar surface area (TPSA) is 52.6 Å². The number of phenols is 1. The summed E-state index contributed by atoms with van der Waals surface area (Å²) in [5.41, 5.74) is 0.997. The number of nitrogens with one attached hydrogen (secondary N) is 1. The maximum atomic E-state index is 11.5. The number of carbonyl (C=O) groups excluding carboxylic acids is 1. The molecule has 1 atom stereocenters. The zero-order valence-corrected chi connectivity index (χ0v) is 10.6. The number of hydrogen-bond donors (Lipinski definition) is 2. The predicted molar refractivity (Wildman–Crippen MR) is 67.8 cm³/mol. The maximum absolute atomic E-state index is 11.5. The SMILES string of the molecule is CCNC(=O)CN(C)C(C)c1cccc(O)c1. The Labute approximate surface area is 102 Å². The molecular formula is C13H20N2O2. The molecule has 0 fully saturated rings. The number of benzene rings is 1. The van der Waals surface area contributed by atoms with Crippen molar-refractivity contribution in [2.45, 2.75) is 19.9 Å². The van der Waals surface area contributed by atoms with Crippen LogP contribution in [0.1, 0.15) is 25.5 Å². The van der Waals surface area contributed by atoms with E-state index in [2.05, 4.69) is 5.32 Å². The molecule has 1 amide bonds. The van der Waals surface area contributed by atoms with Crippen LogP contribution in [0.5, 0.6) is 5.75 Å². The fraction of sp³-hybridized carbons (Fsp3) is 0.462. The lowest BCUT2D eigenvalue weighted by Gasteiger charge is -2.24. The number of amides is 1. The molecule has 0 bridgehead atoms. The molecule has 2 N–H and O–H groups in total. The largest absolute Gasteiger partial charge is 0.508 e. The van der Waals surface area contributed by atoms with Gasteiger partial charge in [0.05, 0.1) is 6.54 Å². The van der Waals surface area contributed by atoms with Crippen LogP contribution in [0.4, 0.5) is 0 Å². The Morgan fingerprint density at radius 1 is 1.53 bits per heavy atom. The van der Waals surface area contributed by atoms with Gasteiger partial charge >= 0.3 is 0 Å². The van der Waals surface area contributed by atoms with Crippen molar-refractivity contribution in [3.63, 3.8) is 0 Å². The van der Waals surface area contributed by atoms with Crippen LogP contribution in [0.25, 0.3) is 0 Å². The Morgan fingerprint density at radius 3 is 2.82 bits per heavy atom. The lowest BCUT2D eigenvalue weighted by molar-refractivity contribution is -0.122. The van der Waals surface area contributed by atoms with Gasteiger partial charge in [0.1, 0.15) is 5.75 Å². The van der Waals surface area contributed by atoms with Crippen LogP contribution in [0.2, 0.25) is 0 Å². The first-order valence-electron chi connectivity index (χ1n) is 5.80. The van der Waals surface area contributed by atoms with E-state index in [-0.39, 0.29) is 17.7 Å². The maximum Gasteiger partial charge on any atom is 0.234 e. The third-order valence-corrected chi connectivity index (χ3v) is 2.78. The van der Waals surface area contributed by atoms with E-state index in [1.807, 2.05) is 31.9 Å². The van der Waals surface area contributed by atoms with Crippen LogP contribution in [0.15, 0.2) is 24.3 Å². The standard InChI is InChI=1S/C13H20N2O2/c1-4-14-13(17)9-15(3)10(2)11-6-5-7-12(16)8-11/h5-8,10,16H,4,9H2,1-3H3,(H,14,17).